The van der Waals surface area contributed by atoms with Crippen LogP contribution in [0.4, 0.5) is 5.69 Å². The van der Waals surface area contributed by atoms with Crippen LogP contribution in [0.2, 0.25) is 5.02 Å². The summed E-state index contributed by atoms with van der Waals surface area (Å²) in [6.07, 6.45) is 2.77. The van der Waals surface area contributed by atoms with Crippen LogP contribution in [0.15, 0.2) is 18.2 Å². The van der Waals surface area contributed by atoms with Gasteiger partial charge in [-0.3, -0.25) is 14.9 Å². The van der Waals surface area contributed by atoms with Crippen molar-refractivity contribution in [2.75, 3.05) is 6.54 Å². The van der Waals surface area contributed by atoms with E-state index >= 15 is 0 Å². The minimum atomic E-state index is -0.535. The van der Waals surface area contributed by atoms with E-state index in [4.69, 9.17) is 17.3 Å². The number of amides is 1. The number of benzene rings is 1. The lowest BCUT2D eigenvalue weighted by Gasteiger charge is -2.40. The molecule has 1 fully saturated rings. The Kier molecular flexibility index (Phi) is 4.80. The predicted octanol–water partition coefficient (Wildman–Crippen LogP) is 2.59. The second kappa shape index (κ2) is 6.41. The summed E-state index contributed by atoms with van der Waals surface area (Å²) in [5.74, 6) is -0.286. The summed E-state index contributed by atoms with van der Waals surface area (Å²) in [6, 6.07) is 3.92. The van der Waals surface area contributed by atoms with Gasteiger partial charge in [-0.2, -0.15) is 0 Å². The van der Waals surface area contributed by atoms with Crippen LogP contribution in [0, 0.1) is 10.1 Å². The van der Waals surface area contributed by atoms with Crippen molar-refractivity contribution >= 4 is 23.2 Å². The van der Waals surface area contributed by atoms with Crippen molar-refractivity contribution in [3.05, 3.63) is 38.9 Å². The standard InChI is InChI=1S/C14H18ClN3O3/c1-9-3-2-4-11(8-16)17(9)14(19)12-7-10(18(20)21)5-6-13(12)15/h5-7,9,11H,2-4,8,16H2,1H3. The lowest BCUT2D eigenvalue weighted by atomic mass is 9.95. The monoisotopic (exact) mass is 311 g/mol. The molecule has 114 valence electrons. The van der Waals surface area contributed by atoms with Crippen molar-refractivity contribution in [3.8, 4) is 0 Å². The van der Waals surface area contributed by atoms with Gasteiger partial charge in [0.05, 0.1) is 15.5 Å². The molecule has 0 aromatic heterocycles. The van der Waals surface area contributed by atoms with Crippen LogP contribution in [0.25, 0.3) is 0 Å². The van der Waals surface area contributed by atoms with Crippen LogP contribution in [-0.4, -0.2) is 34.4 Å². The van der Waals surface area contributed by atoms with Gasteiger partial charge in [-0.1, -0.05) is 11.6 Å². The second-order valence-electron chi connectivity index (χ2n) is 5.30. The number of likely N-dealkylation sites (tertiary alicyclic amines) is 1. The molecule has 21 heavy (non-hydrogen) atoms. The number of nitrogens with zero attached hydrogens (tertiary/aromatic N) is 2. The molecule has 1 aliphatic rings. The van der Waals surface area contributed by atoms with E-state index in [1.807, 2.05) is 6.92 Å². The van der Waals surface area contributed by atoms with E-state index in [1.165, 1.54) is 18.2 Å². The number of nitrogens with two attached hydrogens (primary N) is 1. The van der Waals surface area contributed by atoms with E-state index in [2.05, 4.69) is 0 Å². The number of carbonyl (C=O) groups is 1. The summed E-state index contributed by atoms with van der Waals surface area (Å²) in [5, 5.41) is 11.1. The van der Waals surface area contributed by atoms with Gasteiger partial charge in [-0.05, 0) is 32.3 Å². The molecule has 7 heteroatoms. The SMILES string of the molecule is CC1CCCC(CN)N1C(=O)c1cc([N+](=O)[O-])ccc1Cl. The van der Waals surface area contributed by atoms with Gasteiger partial charge in [-0.15, -0.1) is 0 Å². The minimum Gasteiger partial charge on any atom is -0.332 e. The quantitative estimate of drug-likeness (QED) is 0.686. The Morgan fingerprint density at radius 3 is 2.86 bits per heavy atom. The number of hydrogen-bond acceptors (Lipinski definition) is 4. The molecular formula is C14H18ClN3O3. The van der Waals surface area contributed by atoms with Crippen molar-refractivity contribution < 1.29 is 9.72 Å². The maximum Gasteiger partial charge on any atom is 0.270 e. The van der Waals surface area contributed by atoms with E-state index < -0.39 is 4.92 Å². The Balaban J connectivity index is 2.38. The lowest BCUT2D eigenvalue weighted by molar-refractivity contribution is -0.384. The first kappa shape index (κ1) is 15.7. The minimum absolute atomic E-state index is 0.0448. The Hall–Kier alpha value is -1.66. The Morgan fingerprint density at radius 2 is 2.24 bits per heavy atom. The highest BCUT2D eigenvalue weighted by atomic mass is 35.5. The van der Waals surface area contributed by atoms with Crippen LogP contribution in [-0.2, 0) is 0 Å². The molecular weight excluding hydrogens is 294 g/mol. The second-order valence-corrected chi connectivity index (χ2v) is 5.71. The van der Waals surface area contributed by atoms with Crippen LogP contribution in [0.3, 0.4) is 0 Å². The molecule has 1 heterocycles. The normalized spacial score (nSPS) is 22.1. The summed E-state index contributed by atoms with van der Waals surface area (Å²) < 4.78 is 0. The van der Waals surface area contributed by atoms with Crippen molar-refractivity contribution in [2.24, 2.45) is 5.73 Å². The average Bonchev–Trinajstić information content (AvgIpc) is 2.46. The van der Waals surface area contributed by atoms with Crippen molar-refractivity contribution in [1.29, 1.82) is 0 Å². The maximum absolute atomic E-state index is 12.7. The zero-order chi connectivity index (χ0) is 15.6. The summed E-state index contributed by atoms with van der Waals surface area (Å²) in [7, 11) is 0. The van der Waals surface area contributed by atoms with Gasteiger partial charge in [-0.25, -0.2) is 0 Å². The fourth-order valence-corrected chi connectivity index (χ4v) is 3.01. The molecule has 1 aromatic rings. The maximum atomic E-state index is 12.7. The van der Waals surface area contributed by atoms with Crippen LogP contribution in [0.1, 0.15) is 36.5 Å². The molecule has 1 aromatic carbocycles. The molecule has 1 amide bonds. The molecule has 1 saturated heterocycles. The smallest absolute Gasteiger partial charge is 0.270 e. The topological polar surface area (TPSA) is 89.5 Å². The molecule has 0 bridgehead atoms. The molecule has 0 spiro atoms. The summed E-state index contributed by atoms with van der Waals surface area (Å²) in [6.45, 7) is 2.34. The number of rotatable bonds is 3. The third-order valence-electron chi connectivity index (χ3n) is 3.93. The third-order valence-corrected chi connectivity index (χ3v) is 4.25. The number of nitro groups is 1. The van der Waals surface area contributed by atoms with Gasteiger partial charge < -0.3 is 10.6 Å². The molecule has 0 aliphatic carbocycles. The highest BCUT2D eigenvalue weighted by molar-refractivity contribution is 6.34. The highest BCUT2D eigenvalue weighted by Gasteiger charge is 2.32. The summed E-state index contributed by atoms with van der Waals surface area (Å²) in [4.78, 5) is 24.8. The zero-order valence-corrected chi connectivity index (χ0v) is 12.5. The van der Waals surface area contributed by atoms with E-state index in [9.17, 15) is 14.9 Å². The highest BCUT2D eigenvalue weighted by Crippen LogP contribution is 2.28. The van der Waals surface area contributed by atoms with E-state index in [0.29, 0.717) is 6.54 Å². The number of halogens is 1. The van der Waals surface area contributed by atoms with Gasteiger partial charge in [0.1, 0.15) is 0 Å². The summed E-state index contributed by atoms with van der Waals surface area (Å²) in [5.41, 5.74) is 5.78. The molecule has 2 N–H and O–H groups in total. The first-order chi connectivity index (χ1) is 9.95. The molecule has 2 atom stereocenters. The molecule has 2 rings (SSSR count). The largest absolute Gasteiger partial charge is 0.332 e. The van der Waals surface area contributed by atoms with E-state index in [0.717, 1.165) is 19.3 Å². The van der Waals surface area contributed by atoms with Gasteiger partial charge in [0.25, 0.3) is 11.6 Å². The molecule has 0 saturated carbocycles. The fourth-order valence-electron chi connectivity index (χ4n) is 2.81. The molecule has 0 radical (unpaired) electrons. The number of nitro benzene ring substituents is 1. The molecule has 2 unspecified atom stereocenters. The van der Waals surface area contributed by atoms with Crippen LogP contribution < -0.4 is 5.73 Å². The van der Waals surface area contributed by atoms with Crippen LogP contribution >= 0.6 is 11.6 Å². The zero-order valence-electron chi connectivity index (χ0n) is 11.8. The van der Waals surface area contributed by atoms with Crippen molar-refractivity contribution in [2.45, 2.75) is 38.3 Å². The molecule has 1 aliphatic heterocycles. The Labute approximate surface area is 128 Å². The number of piperidine rings is 1. The lowest BCUT2D eigenvalue weighted by Crippen LogP contribution is -2.51. The van der Waals surface area contributed by atoms with Gasteiger partial charge >= 0.3 is 0 Å². The Morgan fingerprint density at radius 1 is 1.52 bits per heavy atom. The fraction of sp³-hybridized carbons (Fsp3) is 0.500. The molecule has 6 nitrogen and oxygen atoms in total. The summed E-state index contributed by atoms with van der Waals surface area (Å²) >= 11 is 6.05. The first-order valence-electron chi connectivity index (χ1n) is 6.92. The van der Waals surface area contributed by atoms with E-state index in [-0.39, 0.29) is 34.3 Å². The Bertz CT molecular complexity index is 564. The van der Waals surface area contributed by atoms with Crippen molar-refractivity contribution in [1.82, 2.24) is 4.90 Å². The van der Waals surface area contributed by atoms with Gasteiger partial charge in [0.2, 0.25) is 0 Å². The van der Waals surface area contributed by atoms with E-state index in [1.54, 1.807) is 4.90 Å². The van der Waals surface area contributed by atoms with Gasteiger partial charge in [0.15, 0.2) is 0 Å². The number of hydrogen-bond donors (Lipinski definition) is 1. The van der Waals surface area contributed by atoms with Crippen LogP contribution in [0.5, 0.6) is 0 Å². The predicted molar refractivity (Wildman–Crippen MR) is 80.4 cm³/mol. The number of carbonyl (C=O) groups excluding carboxylic acids is 1. The third kappa shape index (κ3) is 3.16. The number of non-ortho nitro benzene ring substituents is 1. The first-order valence-corrected chi connectivity index (χ1v) is 7.30. The average molecular weight is 312 g/mol. The van der Waals surface area contributed by atoms with Crippen molar-refractivity contribution in [3.63, 3.8) is 0 Å². The van der Waals surface area contributed by atoms with Gasteiger partial charge in [0, 0.05) is 30.8 Å².